The van der Waals surface area contributed by atoms with Gasteiger partial charge in [-0.15, -0.1) is 0 Å². The minimum atomic E-state index is -0.467. The largest absolute Gasteiger partial charge is 0.272 e. The van der Waals surface area contributed by atoms with Gasteiger partial charge in [-0.1, -0.05) is 31.5 Å². The predicted octanol–water partition coefficient (Wildman–Crippen LogP) is 3.86. The van der Waals surface area contributed by atoms with Gasteiger partial charge < -0.3 is 0 Å². The van der Waals surface area contributed by atoms with E-state index >= 15 is 0 Å². The summed E-state index contributed by atoms with van der Waals surface area (Å²) in [4.78, 5) is 27.4. The van der Waals surface area contributed by atoms with E-state index in [-0.39, 0.29) is 11.6 Å². The Morgan fingerprint density at radius 2 is 1.96 bits per heavy atom. The van der Waals surface area contributed by atoms with E-state index < -0.39 is 4.92 Å². The Kier molecular flexibility index (Phi) is 5.51. The van der Waals surface area contributed by atoms with Crippen molar-refractivity contribution in [3.8, 4) is 0 Å². The topological polar surface area (TPSA) is 97.5 Å². The number of nitro groups is 1. The first-order chi connectivity index (χ1) is 13.1. The van der Waals surface area contributed by atoms with Gasteiger partial charge in [0.05, 0.1) is 22.2 Å². The zero-order valence-electron chi connectivity index (χ0n) is 14.8. The minimum absolute atomic E-state index is 0.00268. The monoisotopic (exact) mass is 362 g/mol. The highest BCUT2D eigenvalue weighted by Gasteiger charge is 2.12. The van der Waals surface area contributed by atoms with Crippen LogP contribution in [0.1, 0.15) is 35.0 Å². The van der Waals surface area contributed by atoms with Crippen molar-refractivity contribution >= 4 is 28.7 Å². The van der Waals surface area contributed by atoms with Gasteiger partial charge in [-0.05, 0) is 36.2 Å². The molecule has 27 heavy (non-hydrogen) atoms. The quantitative estimate of drug-likeness (QED) is 0.409. The van der Waals surface area contributed by atoms with E-state index in [1.54, 1.807) is 18.2 Å². The second-order valence-electron chi connectivity index (χ2n) is 5.98. The van der Waals surface area contributed by atoms with Crippen molar-refractivity contribution in [3.05, 3.63) is 81.5 Å². The van der Waals surface area contributed by atoms with Crippen molar-refractivity contribution in [2.75, 3.05) is 0 Å². The molecule has 0 aliphatic rings. The molecule has 1 N–H and O–H groups in total. The highest BCUT2D eigenvalue weighted by atomic mass is 16.6. The third kappa shape index (κ3) is 4.33. The lowest BCUT2D eigenvalue weighted by atomic mass is 10.1. The number of pyridine rings is 1. The molecule has 0 spiro atoms. The Bertz CT molecular complexity index is 1010. The second kappa shape index (κ2) is 8.18. The molecule has 1 aromatic heterocycles. The van der Waals surface area contributed by atoms with Crippen LogP contribution in [-0.4, -0.2) is 22.0 Å². The highest BCUT2D eigenvalue weighted by molar-refractivity contribution is 6.06. The van der Waals surface area contributed by atoms with Crippen LogP contribution in [0.2, 0.25) is 0 Å². The maximum atomic E-state index is 12.6. The molecule has 0 saturated carbocycles. The number of benzene rings is 2. The van der Waals surface area contributed by atoms with Gasteiger partial charge in [0.1, 0.15) is 0 Å². The Hall–Kier alpha value is -3.61. The number of para-hydroxylation sites is 1. The lowest BCUT2D eigenvalue weighted by Gasteiger charge is -2.08. The number of nitro benzene ring substituents is 1. The van der Waals surface area contributed by atoms with Crippen molar-refractivity contribution < 1.29 is 9.72 Å². The van der Waals surface area contributed by atoms with Crippen molar-refractivity contribution in [1.29, 1.82) is 0 Å². The molecule has 0 saturated heterocycles. The third-order valence-corrected chi connectivity index (χ3v) is 4.00. The zero-order valence-corrected chi connectivity index (χ0v) is 14.8. The van der Waals surface area contributed by atoms with E-state index in [0.29, 0.717) is 11.1 Å². The Morgan fingerprint density at radius 3 is 2.67 bits per heavy atom. The van der Waals surface area contributed by atoms with Crippen LogP contribution in [0.5, 0.6) is 0 Å². The van der Waals surface area contributed by atoms with Gasteiger partial charge in [0.2, 0.25) is 0 Å². The van der Waals surface area contributed by atoms with Gasteiger partial charge in [-0.2, -0.15) is 5.10 Å². The molecule has 0 bridgehead atoms. The summed E-state index contributed by atoms with van der Waals surface area (Å²) >= 11 is 0. The van der Waals surface area contributed by atoms with E-state index in [9.17, 15) is 14.9 Å². The summed E-state index contributed by atoms with van der Waals surface area (Å²) in [6, 6.07) is 15.2. The van der Waals surface area contributed by atoms with E-state index in [1.165, 1.54) is 18.3 Å². The standard InChI is InChI=1S/C20H18N4O3/c1-2-5-15-12-18(17-6-3-4-7-19(17)22-15)20(25)23-21-13-14-8-10-16(11-9-14)24(26)27/h3-4,6-13H,2,5H2,1H3,(H,23,25)/b21-13-. The first kappa shape index (κ1) is 18.2. The van der Waals surface area contributed by atoms with Gasteiger partial charge in [-0.25, -0.2) is 5.43 Å². The summed E-state index contributed by atoms with van der Waals surface area (Å²) in [6.07, 6.45) is 3.17. The molecule has 0 fully saturated rings. The van der Waals surface area contributed by atoms with Crippen LogP contribution in [0.15, 0.2) is 59.7 Å². The maximum absolute atomic E-state index is 12.6. The molecule has 0 atom stereocenters. The molecule has 3 rings (SSSR count). The molecule has 136 valence electrons. The van der Waals surface area contributed by atoms with Gasteiger partial charge in [0.25, 0.3) is 11.6 Å². The number of amides is 1. The lowest BCUT2D eigenvalue weighted by molar-refractivity contribution is -0.384. The summed E-state index contributed by atoms with van der Waals surface area (Å²) in [5.41, 5.74) is 5.31. The Balaban J connectivity index is 1.80. The van der Waals surface area contributed by atoms with Crippen molar-refractivity contribution in [1.82, 2.24) is 10.4 Å². The fourth-order valence-electron chi connectivity index (χ4n) is 2.71. The predicted molar refractivity (Wildman–Crippen MR) is 104 cm³/mol. The maximum Gasteiger partial charge on any atom is 0.272 e. The number of carbonyl (C=O) groups is 1. The molecule has 0 radical (unpaired) electrons. The van der Waals surface area contributed by atoms with Crippen LogP contribution < -0.4 is 5.43 Å². The first-order valence-electron chi connectivity index (χ1n) is 8.55. The molecule has 0 aliphatic heterocycles. The number of nitrogens with zero attached hydrogens (tertiary/aromatic N) is 3. The van der Waals surface area contributed by atoms with Gasteiger partial charge in [0, 0.05) is 23.2 Å². The Morgan fingerprint density at radius 1 is 1.22 bits per heavy atom. The lowest BCUT2D eigenvalue weighted by Crippen LogP contribution is -2.18. The summed E-state index contributed by atoms with van der Waals surface area (Å²) in [5.74, 6) is -0.330. The summed E-state index contributed by atoms with van der Waals surface area (Å²) in [5, 5.41) is 15.4. The molecule has 2 aromatic carbocycles. The zero-order chi connectivity index (χ0) is 19.2. The number of hydrogen-bond donors (Lipinski definition) is 1. The molecular weight excluding hydrogens is 344 g/mol. The number of non-ortho nitro benzene ring substituents is 1. The molecule has 0 unspecified atom stereocenters. The van der Waals surface area contributed by atoms with E-state index in [4.69, 9.17) is 0 Å². The van der Waals surface area contributed by atoms with Crippen LogP contribution in [-0.2, 0) is 6.42 Å². The number of rotatable bonds is 6. The highest BCUT2D eigenvalue weighted by Crippen LogP contribution is 2.19. The van der Waals surface area contributed by atoms with Gasteiger partial charge in [0.15, 0.2) is 0 Å². The fourth-order valence-corrected chi connectivity index (χ4v) is 2.71. The van der Waals surface area contributed by atoms with Gasteiger partial charge in [-0.3, -0.25) is 19.9 Å². The summed E-state index contributed by atoms with van der Waals surface area (Å²) in [7, 11) is 0. The number of nitrogens with one attached hydrogen (secondary N) is 1. The fraction of sp³-hybridized carbons (Fsp3) is 0.150. The summed E-state index contributed by atoms with van der Waals surface area (Å²) in [6.45, 7) is 2.06. The molecule has 7 heteroatoms. The average molecular weight is 362 g/mol. The SMILES string of the molecule is CCCc1cc(C(=O)N/N=C\c2ccc([N+](=O)[O-])cc2)c2ccccc2n1. The Labute approximate surface area is 155 Å². The van der Waals surface area contributed by atoms with Crippen LogP contribution in [0, 0.1) is 10.1 Å². The van der Waals surface area contributed by atoms with Crippen molar-refractivity contribution in [3.63, 3.8) is 0 Å². The number of fused-ring (bicyclic) bond motifs is 1. The van der Waals surface area contributed by atoms with Crippen LogP contribution in [0.4, 0.5) is 5.69 Å². The van der Waals surface area contributed by atoms with Crippen molar-refractivity contribution in [2.45, 2.75) is 19.8 Å². The average Bonchev–Trinajstić information content (AvgIpc) is 2.68. The van der Waals surface area contributed by atoms with Crippen LogP contribution >= 0.6 is 0 Å². The van der Waals surface area contributed by atoms with Gasteiger partial charge >= 0.3 is 0 Å². The molecule has 1 heterocycles. The molecule has 1 amide bonds. The second-order valence-corrected chi connectivity index (χ2v) is 5.98. The van der Waals surface area contributed by atoms with E-state index in [2.05, 4.69) is 22.4 Å². The van der Waals surface area contributed by atoms with Crippen LogP contribution in [0.3, 0.4) is 0 Å². The smallest absolute Gasteiger partial charge is 0.267 e. The number of hydrazone groups is 1. The normalized spacial score (nSPS) is 11.0. The minimum Gasteiger partial charge on any atom is -0.267 e. The number of carbonyl (C=O) groups excluding carboxylic acids is 1. The van der Waals surface area contributed by atoms with Crippen LogP contribution in [0.25, 0.3) is 10.9 Å². The number of hydrogen-bond acceptors (Lipinski definition) is 5. The molecule has 3 aromatic rings. The number of aromatic nitrogens is 1. The molecule has 7 nitrogen and oxygen atoms in total. The number of aryl methyl sites for hydroxylation is 1. The van der Waals surface area contributed by atoms with E-state index in [1.807, 2.05) is 24.3 Å². The van der Waals surface area contributed by atoms with E-state index in [0.717, 1.165) is 29.4 Å². The summed E-state index contributed by atoms with van der Waals surface area (Å²) < 4.78 is 0. The van der Waals surface area contributed by atoms with Crippen molar-refractivity contribution in [2.24, 2.45) is 5.10 Å². The first-order valence-corrected chi connectivity index (χ1v) is 8.55. The molecule has 0 aliphatic carbocycles. The molecular formula is C20H18N4O3. The third-order valence-electron chi connectivity index (χ3n) is 4.00.